The SMILES string of the molecule is CCNc1ncccc1C(=O)NCC(=O)NCC(C)C. The van der Waals surface area contributed by atoms with Crippen molar-refractivity contribution in [3.05, 3.63) is 23.9 Å². The molecule has 1 aromatic rings. The maximum absolute atomic E-state index is 12.0. The Hall–Kier alpha value is -2.11. The van der Waals surface area contributed by atoms with E-state index >= 15 is 0 Å². The van der Waals surface area contributed by atoms with Gasteiger partial charge in [0.1, 0.15) is 5.82 Å². The Bertz CT molecular complexity index is 460. The summed E-state index contributed by atoms with van der Waals surface area (Å²) in [6.07, 6.45) is 1.62. The van der Waals surface area contributed by atoms with Gasteiger partial charge in [-0.05, 0) is 25.0 Å². The first-order valence-electron chi connectivity index (χ1n) is 6.78. The van der Waals surface area contributed by atoms with Crippen LogP contribution in [0.4, 0.5) is 5.82 Å². The fraction of sp³-hybridized carbons (Fsp3) is 0.500. The second-order valence-corrected chi connectivity index (χ2v) is 4.81. The Kier molecular flexibility index (Phi) is 6.49. The van der Waals surface area contributed by atoms with Gasteiger partial charge in [0.2, 0.25) is 5.91 Å². The van der Waals surface area contributed by atoms with Crippen molar-refractivity contribution in [3.8, 4) is 0 Å². The van der Waals surface area contributed by atoms with Crippen molar-refractivity contribution in [3.63, 3.8) is 0 Å². The Balaban J connectivity index is 2.52. The van der Waals surface area contributed by atoms with Crippen molar-refractivity contribution in [2.24, 2.45) is 5.92 Å². The summed E-state index contributed by atoms with van der Waals surface area (Å²) in [5.41, 5.74) is 0.436. The lowest BCUT2D eigenvalue weighted by Crippen LogP contribution is -2.38. The number of carbonyl (C=O) groups is 2. The number of hydrogen-bond donors (Lipinski definition) is 3. The van der Waals surface area contributed by atoms with E-state index in [4.69, 9.17) is 0 Å². The molecule has 0 fully saturated rings. The number of nitrogens with zero attached hydrogens (tertiary/aromatic N) is 1. The van der Waals surface area contributed by atoms with Gasteiger partial charge in [0, 0.05) is 19.3 Å². The molecule has 3 N–H and O–H groups in total. The van der Waals surface area contributed by atoms with Crippen LogP contribution in [0.5, 0.6) is 0 Å². The number of aromatic nitrogens is 1. The average Bonchev–Trinajstić information content (AvgIpc) is 2.43. The summed E-state index contributed by atoms with van der Waals surface area (Å²) in [6.45, 7) is 7.19. The first kappa shape index (κ1) is 15.9. The van der Waals surface area contributed by atoms with E-state index in [1.165, 1.54) is 0 Å². The average molecular weight is 278 g/mol. The molecule has 0 atom stereocenters. The molecule has 110 valence electrons. The predicted molar refractivity (Wildman–Crippen MR) is 78.6 cm³/mol. The van der Waals surface area contributed by atoms with Crippen molar-refractivity contribution in [2.45, 2.75) is 20.8 Å². The first-order chi connectivity index (χ1) is 9.54. The molecule has 0 aliphatic carbocycles. The second-order valence-electron chi connectivity index (χ2n) is 4.81. The molecule has 1 heterocycles. The summed E-state index contributed by atoms with van der Waals surface area (Å²) in [6, 6.07) is 3.36. The molecule has 0 saturated carbocycles. The van der Waals surface area contributed by atoms with Crippen molar-refractivity contribution in [1.29, 1.82) is 0 Å². The van der Waals surface area contributed by atoms with Crippen LogP contribution in [0.2, 0.25) is 0 Å². The van der Waals surface area contributed by atoms with E-state index in [-0.39, 0.29) is 18.4 Å². The lowest BCUT2D eigenvalue weighted by molar-refractivity contribution is -0.120. The van der Waals surface area contributed by atoms with E-state index in [1.54, 1.807) is 18.3 Å². The number of nitrogens with one attached hydrogen (secondary N) is 3. The summed E-state index contributed by atoms with van der Waals surface area (Å²) >= 11 is 0. The lowest BCUT2D eigenvalue weighted by atomic mass is 10.2. The zero-order valence-electron chi connectivity index (χ0n) is 12.2. The second kappa shape index (κ2) is 8.14. The Morgan fingerprint density at radius 2 is 2.05 bits per heavy atom. The van der Waals surface area contributed by atoms with E-state index in [0.29, 0.717) is 30.4 Å². The molecule has 2 amide bonds. The molecular weight excluding hydrogens is 256 g/mol. The highest BCUT2D eigenvalue weighted by molar-refractivity contribution is 6.00. The van der Waals surface area contributed by atoms with Crippen LogP contribution in [0.25, 0.3) is 0 Å². The quantitative estimate of drug-likeness (QED) is 0.695. The topological polar surface area (TPSA) is 83.1 Å². The molecule has 0 bridgehead atoms. The largest absolute Gasteiger partial charge is 0.370 e. The number of anilines is 1. The van der Waals surface area contributed by atoms with Crippen LogP contribution >= 0.6 is 0 Å². The normalized spacial score (nSPS) is 10.2. The van der Waals surface area contributed by atoms with E-state index < -0.39 is 0 Å². The zero-order valence-corrected chi connectivity index (χ0v) is 12.2. The van der Waals surface area contributed by atoms with Gasteiger partial charge in [-0.1, -0.05) is 13.8 Å². The van der Waals surface area contributed by atoms with Gasteiger partial charge in [0.25, 0.3) is 5.91 Å². The first-order valence-corrected chi connectivity index (χ1v) is 6.78. The molecule has 0 radical (unpaired) electrons. The van der Waals surface area contributed by atoms with Crippen LogP contribution in [0.1, 0.15) is 31.1 Å². The van der Waals surface area contributed by atoms with Gasteiger partial charge >= 0.3 is 0 Å². The Labute approximate surface area is 119 Å². The van der Waals surface area contributed by atoms with Crippen molar-refractivity contribution in [1.82, 2.24) is 15.6 Å². The van der Waals surface area contributed by atoms with Crippen LogP contribution < -0.4 is 16.0 Å². The molecule has 1 rings (SSSR count). The number of pyridine rings is 1. The molecule has 20 heavy (non-hydrogen) atoms. The van der Waals surface area contributed by atoms with Gasteiger partial charge in [0.05, 0.1) is 12.1 Å². The number of hydrogen-bond acceptors (Lipinski definition) is 4. The third-order valence-electron chi connectivity index (χ3n) is 2.51. The molecule has 0 aliphatic heterocycles. The lowest BCUT2D eigenvalue weighted by Gasteiger charge is -2.11. The van der Waals surface area contributed by atoms with Gasteiger partial charge in [-0.2, -0.15) is 0 Å². The summed E-state index contributed by atoms with van der Waals surface area (Å²) < 4.78 is 0. The summed E-state index contributed by atoms with van der Waals surface area (Å²) in [5, 5.41) is 8.35. The fourth-order valence-corrected chi connectivity index (χ4v) is 1.53. The molecule has 0 saturated heterocycles. The van der Waals surface area contributed by atoms with Crippen LogP contribution in [0, 0.1) is 5.92 Å². The van der Waals surface area contributed by atoms with Crippen molar-refractivity contribution >= 4 is 17.6 Å². The summed E-state index contributed by atoms with van der Waals surface area (Å²) in [5.74, 6) is 0.401. The summed E-state index contributed by atoms with van der Waals surface area (Å²) in [7, 11) is 0. The van der Waals surface area contributed by atoms with Crippen LogP contribution in [0.15, 0.2) is 18.3 Å². The van der Waals surface area contributed by atoms with Gasteiger partial charge in [-0.15, -0.1) is 0 Å². The van der Waals surface area contributed by atoms with E-state index in [0.717, 1.165) is 0 Å². The maximum Gasteiger partial charge on any atom is 0.255 e. The molecule has 6 heteroatoms. The van der Waals surface area contributed by atoms with Gasteiger partial charge in [0.15, 0.2) is 0 Å². The fourth-order valence-electron chi connectivity index (χ4n) is 1.53. The van der Waals surface area contributed by atoms with E-state index in [1.807, 2.05) is 20.8 Å². The minimum Gasteiger partial charge on any atom is -0.370 e. The highest BCUT2D eigenvalue weighted by atomic mass is 16.2. The molecule has 1 aromatic heterocycles. The van der Waals surface area contributed by atoms with E-state index in [9.17, 15) is 9.59 Å². The van der Waals surface area contributed by atoms with Gasteiger partial charge in [-0.25, -0.2) is 4.98 Å². The molecule has 6 nitrogen and oxygen atoms in total. The van der Waals surface area contributed by atoms with Gasteiger partial charge < -0.3 is 16.0 Å². The Morgan fingerprint density at radius 1 is 1.30 bits per heavy atom. The Morgan fingerprint density at radius 3 is 2.70 bits per heavy atom. The third-order valence-corrected chi connectivity index (χ3v) is 2.51. The highest BCUT2D eigenvalue weighted by Gasteiger charge is 2.12. The monoisotopic (exact) mass is 278 g/mol. The van der Waals surface area contributed by atoms with E-state index in [2.05, 4.69) is 20.9 Å². The minimum atomic E-state index is -0.311. The standard InChI is InChI=1S/C14H22N4O2/c1-4-15-13-11(6-5-7-16-13)14(20)18-9-12(19)17-8-10(2)3/h5-7,10H,4,8-9H2,1-3H3,(H,15,16)(H,17,19)(H,18,20). The van der Waals surface area contributed by atoms with Crippen LogP contribution in [-0.4, -0.2) is 36.4 Å². The van der Waals surface area contributed by atoms with Crippen LogP contribution in [0.3, 0.4) is 0 Å². The number of carbonyl (C=O) groups excluding carboxylic acids is 2. The zero-order chi connectivity index (χ0) is 15.0. The number of amides is 2. The van der Waals surface area contributed by atoms with Crippen molar-refractivity contribution < 1.29 is 9.59 Å². The third kappa shape index (κ3) is 5.26. The highest BCUT2D eigenvalue weighted by Crippen LogP contribution is 2.10. The van der Waals surface area contributed by atoms with Crippen molar-refractivity contribution in [2.75, 3.05) is 25.0 Å². The predicted octanol–water partition coefficient (Wildman–Crippen LogP) is 1.02. The molecule has 0 unspecified atom stereocenters. The molecule has 0 spiro atoms. The smallest absolute Gasteiger partial charge is 0.255 e. The van der Waals surface area contributed by atoms with Crippen LogP contribution in [-0.2, 0) is 4.79 Å². The minimum absolute atomic E-state index is 0.0357. The maximum atomic E-state index is 12.0. The molecular formula is C14H22N4O2. The molecule has 0 aromatic carbocycles. The van der Waals surface area contributed by atoms with Gasteiger partial charge in [-0.3, -0.25) is 9.59 Å². The summed E-state index contributed by atoms with van der Waals surface area (Å²) in [4.78, 5) is 27.7. The number of rotatable bonds is 7. The molecule has 0 aliphatic rings.